The van der Waals surface area contributed by atoms with Gasteiger partial charge in [-0.25, -0.2) is 0 Å². The average Bonchev–Trinajstić information content (AvgIpc) is 2.64. The Hall–Kier alpha value is -0.870. The minimum Gasteiger partial charge on any atom is -0.348 e. The van der Waals surface area contributed by atoms with Gasteiger partial charge in [-0.15, -0.1) is 0 Å². The molecule has 2 rings (SSSR count). The normalized spacial score (nSPS) is 18.2. The zero-order valence-electron chi connectivity index (χ0n) is 9.22. The van der Waals surface area contributed by atoms with E-state index in [1.807, 2.05) is 6.07 Å². The van der Waals surface area contributed by atoms with Crippen molar-refractivity contribution in [2.24, 2.45) is 0 Å². The van der Waals surface area contributed by atoms with Crippen LogP contribution in [0.15, 0.2) is 22.7 Å². The molecule has 86 valence electrons. The second-order valence-corrected chi connectivity index (χ2v) is 4.85. The van der Waals surface area contributed by atoms with Gasteiger partial charge in [0, 0.05) is 4.47 Å². The highest BCUT2D eigenvalue weighted by Gasteiger charge is 2.24. The molecular formula is C12H15BrN2O. The number of carbonyl (C=O) groups is 1. The molecule has 0 bridgehead atoms. The fraction of sp³-hybridized carbons (Fsp3) is 0.417. The van der Waals surface area contributed by atoms with Crippen molar-refractivity contribution in [3.8, 4) is 0 Å². The maximum Gasteiger partial charge on any atom is 0.234 e. The van der Waals surface area contributed by atoms with E-state index < -0.39 is 0 Å². The van der Waals surface area contributed by atoms with E-state index in [1.54, 1.807) is 7.05 Å². The Bertz CT molecular complexity index is 406. The molecule has 0 heterocycles. The van der Waals surface area contributed by atoms with Gasteiger partial charge < -0.3 is 10.6 Å². The van der Waals surface area contributed by atoms with Gasteiger partial charge in [0.1, 0.15) is 0 Å². The first-order valence-electron chi connectivity index (χ1n) is 5.43. The van der Waals surface area contributed by atoms with Gasteiger partial charge in [0.2, 0.25) is 5.91 Å². The Labute approximate surface area is 104 Å². The first kappa shape index (κ1) is 11.6. The third-order valence-electron chi connectivity index (χ3n) is 2.89. The summed E-state index contributed by atoms with van der Waals surface area (Å²) in [5, 5.41) is 5.90. The van der Waals surface area contributed by atoms with Crippen molar-refractivity contribution in [3.05, 3.63) is 33.8 Å². The van der Waals surface area contributed by atoms with Crippen LogP contribution in [0.4, 0.5) is 0 Å². The Morgan fingerprint density at radius 3 is 3.12 bits per heavy atom. The van der Waals surface area contributed by atoms with Gasteiger partial charge in [0.15, 0.2) is 0 Å². The lowest BCUT2D eigenvalue weighted by atomic mass is 10.1. The van der Waals surface area contributed by atoms with Crippen LogP contribution in [0.3, 0.4) is 0 Å². The Balaban J connectivity index is 2.12. The summed E-state index contributed by atoms with van der Waals surface area (Å²) < 4.78 is 1.15. The molecule has 1 aliphatic rings. The van der Waals surface area contributed by atoms with Gasteiger partial charge >= 0.3 is 0 Å². The molecule has 0 fully saturated rings. The Morgan fingerprint density at radius 2 is 2.38 bits per heavy atom. The van der Waals surface area contributed by atoms with E-state index in [1.165, 1.54) is 11.1 Å². The zero-order valence-corrected chi connectivity index (χ0v) is 10.8. The van der Waals surface area contributed by atoms with Crippen LogP contribution in [0.1, 0.15) is 23.6 Å². The largest absolute Gasteiger partial charge is 0.348 e. The molecular weight excluding hydrogens is 268 g/mol. The molecule has 0 saturated heterocycles. The number of likely N-dealkylation sites (N-methyl/N-ethyl adjacent to an activating group) is 1. The molecule has 0 radical (unpaired) electrons. The molecule has 4 heteroatoms. The monoisotopic (exact) mass is 282 g/mol. The van der Waals surface area contributed by atoms with Crippen molar-refractivity contribution in [2.75, 3.05) is 13.6 Å². The summed E-state index contributed by atoms with van der Waals surface area (Å²) in [6.07, 6.45) is 2.02. The number of fused-ring (bicyclic) bond motifs is 1. The SMILES string of the molecule is CNCC(=O)NC1CCc2c(Br)cccc21. The molecule has 1 aliphatic carbocycles. The van der Waals surface area contributed by atoms with Crippen LogP contribution in [0.2, 0.25) is 0 Å². The molecule has 0 aromatic heterocycles. The Kier molecular flexibility index (Phi) is 3.61. The zero-order chi connectivity index (χ0) is 11.5. The summed E-state index contributed by atoms with van der Waals surface area (Å²) in [7, 11) is 1.78. The number of hydrogen-bond donors (Lipinski definition) is 2. The molecule has 16 heavy (non-hydrogen) atoms. The number of carbonyl (C=O) groups excluding carboxylic acids is 1. The molecule has 0 spiro atoms. The molecule has 1 amide bonds. The van der Waals surface area contributed by atoms with Crippen LogP contribution in [0.25, 0.3) is 0 Å². The summed E-state index contributed by atoms with van der Waals surface area (Å²) in [6.45, 7) is 0.375. The standard InChI is InChI=1S/C12H15BrN2O/c1-14-7-12(16)15-11-6-5-8-9(11)3-2-4-10(8)13/h2-4,11,14H,5-7H2,1H3,(H,15,16). The lowest BCUT2D eigenvalue weighted by Gasteiger charge is -2.14. The van der Waals surface area contributed by atoms with Crippen LogP contribution in [0, 0.1) is 0 Å². The van der Waals surface area contributed by atoms with Crippen LogP contribution < -0.4 is 10.6 Å². The van der Waals surface area contributed by atoms with Crippen LogP contribution in [0.5, 0.6) is 0 Å². The third kappa shape index (κ3) is 2.28. The van der Waals surface area contributed by atoms with Gasteiger partial charge in [-0.05, 0) is 37.1 Å². The molecule has 1 unspecified atom stereocenters. The first-order chi connectivity index (χ1) is 7.72. The van der Waals surface area contributed by atoms with Crippen LogP contribution in [-0.2, 0) is 11.2 Å². The second-order valence-electron chi connectivity index (χ2n) is 4.00. The fourth-order valence-corrected chi connectivity index (χ4v) is 2.75. The average molecular weight is 283 g/mol. The number of halogens is 1. The second kappa shape index (κ2) is 4.97. The maximum atomic E-state index is 11.5. The van der Waals surface area contributed by atoms with E-state index in [4.69, 9.17) is 0 Å². The van der Waals surface area contributed by atoms with E-state index in [9.17, 15) is 4.79 Å². The van der Waals surface area contributed by atoms with Crippen molar-refractivity contribution in [1.82, 2.24) is 10.6 Å². The first-order valence-corrected chi connectivity index (χ1v) is 6.23. The number of nitrogens with one attached hydrogen (secondary N) is 2. The van der Waals surface area contributed by atoms with E-state index in [0.29, 0.717) is 6.54 Å². The minimum absolute atomic E-state index is 0.0559. The smallest absolute Gasteiger partial charge is 0.234 e. The predicted octanol–water partition coefficient (Wildman–Crippen LogP) is 1.77. The van der Waals surface area contributed by atoms with Crippen molar-refractivity contribution in [3.63, 3.8) is 0 Å². The number of benzene rings is 1. The van der Waals surface area contributed by atoms with Crippen molar-refractivity contribution in [1.29, 1.82) is 0 Å². The van der Waals surface area contributed by atoms with E-state index >= 15 is 0 Å². The predicted molar refractivity (Wildman–Crippen MR) is 67.3 cm³/mol. The highest BCUT2D eigenvalue weighted by molar-refractivity contribution is 9.10. The van der Waals surface area contributed by atoms with Crippen LogP contribution in [-0.4, -0.2) is 19.5 Å². The highest BCUT2D eigenvalue weighted by atomic mass is 79.9. The molecule has 1 aromatic carbocycles. The summed E-state index contributed by atoms with van der Waals surface area (Å²) in [6, 6.07) is 6.34. The van der Waals surface area contributed by atoms with E-state index in [0.717, 1.165) is 17.3 Å². The lowest BCUT2D eigenvalue weighted by Crippen LogP contribution is -2.34. The van der Waals surface area contributed by atoms with Gasteiger partial charge in [0.05, 0.1) is 12.6 Å². The summed E-state index contributed by atoms with van der Waals surface area (Å²) in [4.78, 5) is 11.5. The quantitative estimate of drug-likeness (QED) is 0.887. The topological polar surface area (TPSA) is 41.1 Å². The van der Waals surface area contributed by atoms with Crippen molar-refractivity contribution >= 4 is 21.8 Å². The maximum absolute atomic E-state index is 11.5. The number of hydrogen-bond acceptors (Lipinski definition) is 2. The van der Waals surface area contributed by atoms with E-state index in [-0.39, 0.29) is 11.9 Å². The number of rotatable bonds is 3. The van der Waals surface area contributed by atoms with Crippen LogP contribution >= 0.6 is 15.9 Å². The molecule has 3 nitrogen and oxygen atoms in total. The van der Waals surface area contributed by atoms with Gasteiger partial charge in [-0.2, -0.15) is 0 Å². The van der Waals surface area contributed by atoms with Crippen molar-refractivity contribution in [2.45, 2.75) is 18.9 Å². The summed E-state index contributed by atoms with van der Waals surface area (Å²) >= 11 is 3.55. The van der Waals surface area contributed by atoms with Gasteiger partial charge in [0.25, 0.3) is 0 Å². The summed E-state index contributed by atoms with van der Waals surface area (Å²) in [5.41, 5.74) is 2.58. The molecule has 2 N–H and O–H groups in total. The third-order valence-corrected chi connectivity index (χ3v) is 3.63. The molecule has 1 aromatic rings. The summed E-state index contributed by atoms with van der Waals surface area (Å²) in [5.74, 6) is 0.0559. The number of amides is 1. The lowest BCUT2D eigenvalue weighted by molar-refractivity contribution is -0.120. The molecule has 0 saturated carbocycles. The minimum atomic E-state index is 0.0559. The van der Waals surface area contributed by atoms with Gasteiger partial charge in [-0.1, -0.05) is 28.1 Å². The highest BCUT2D eigenvalue weighted by Crippen LogP contribution is 2.35. The Morgan fingerprint density at radius 1 is 1.56 bits per heavy atom. The van der Waals surface area contributed by atoms with E-state index in [2.05, 4.69) is 38.7 Å². The van der Waals surface area contributed by atoms with Crippen molar-refractivity contribution < 1.29 is 4.79 Å². The fourth-order valence-electron chi connectivity index (χ4n) is 2.17. The molecule has 1 atom stereocenters. The molecule has 0 aliphatic heterocycles. The van der Waals surface area contributed by atoms with Gasteiger partial charge in [-0.3, -0.25) is 4.79 Å².